The molecular formula is C12H15Cl2N3O3. The number of methoxy groups -OCH3 is 1. The van der Waals surface area contributed by atoms with E-state index in [-0.39, 0.29) is 13.2 Å². The predicted octanol–water partition coefficient (Wildman–Crippen LogP) is 1.02. The summed E-state index contributed by atoms with van der Waals surface area (Å²) in [7, 11) is 1.43. The van der Waals surface area contributed by atoms with Crippen LogP contribution in [0, 0.1) is 0 Å². The van der Waals surface area contributed by atoms with Crippen molar-refractivity contribution < 1.29 is 14.3 Å². The van der Waals surface area contributed by atoms with Crippen molar-refractivity contribution in [2.24, 2.45) is 5.73 Å². The van der Waals surface area contributed by atoms with Crippen LogP contribution in [0.4, 0.5) is 5.69 Å². The lowest BCUT2D eigenvalue weighted by molar-refractivity contribution is -0.126. The van der Waals surface area contributed by atoms with Gasteiger partial charge < -0.3 is 21.1 Å². The summed E-state index contributed by atoms with van der Waals surface area (Å²) in [5.41, 5.74) is 5.88. The van der Waals surface area contributed by atoms with Crippen molar-refractivity contribution in [3.8, 4) is 0 Å². The summed E-state index contributed by atoms with van der Waals surface area (Å²) in [4.78, 5) is 23.1. The molecule has 0 spiro atoms. The van der Waals surface area contributed by atoms with Crippen LogP contribution in [-0.4, -0.2) is 38.1 Å². The third-order valence-electron chi connectivity index (χ3n) is 2.31. The molecule has 0 saturated heterocycles. The van der Waals surface area contributed by atoms with Crippen molar-refractivity contribution >= 4 is 40.7 Å². The van der Waals surface area contributed by atoms with Crippen LogP contribution in [0.2, 0.25) is 10.0 Å². The number of ether oxygens (including phenoxy) is 1. The quantitative estimate of drug-likeness (QED) is 0.729. The first kappa shape index (κ1) is 16.7. The Hall–Kier alpha value is -1.34. The minimum atomic E-state index is -0.817. The van der Waals surface area contributed by atoms with Gasteiger partial charge >= 0.3 is 0 Å². The first-order valence-electron chi connectivity index (χ1n) is 5.71. The Labute approximate surface area is 126 Å². The standard InChI is InChI=1S/C12H15Cl2N3O3/c1-20-6-9(15)12(19)16-5-11(18)17-10-4-7(13)2-3-8(10)14/h2-4,9H,5-6,15H2,1H3,(H,16,19)(H,17,18). The van der Waals surface area contributed by atoms with Gasteiger partial charge in [-0.05, 0) is 18.2 Å². The molecule has 0 saturated carbocycles. The van der Waals surface area contributed by atoms with Gasteiger partial charge in [0.25, 0.3) is 0 Å². The molecule has 0 heterocycles. The molecule has 0 fully saturated rings. The SMILES string of the molecule is COCC(N)C(=O)NCC(=O)Nc1cc(Cl)ccc1Cl. The van der Waals surface area contributed by atoms with E-state index in [2.05, 4.69) is 10.6 Å². The molecule has 110 valence electrons. The zero-order valence-corrected chi connectivity index (χ0v) is 12.3. The number of benzene rings is 1. The Morgan fingerprint density at radius 2 is 2.10 bits per heavy atom. The Bertz CT molecular complexity index is 497. The fraction of sp³-hybridized carbons (Fsp3) is 0.333. The van der Waals surface area contributed by atoms with Gasteiger partial charge in [0, 0.05) is 12.1 Å². The second-order valence-electron chi connectivity index (χ2n) is 3.95. The van der Waals surface area contributed by atoms with Crippen molar-refractivity contribution in [1.82, 2.24) is 5.32 Å². The Kier molecular flexibility index (Phi) is 6.74. The van der Waals surface area contributed by atoms with Gasteiger partial charge in [0.15, 0.2) is 0 Å². The van der Waals surface area contributed by atoms with Gasteiger partial charge in [-0.3, -0.25) is 9.59 Å². The molecule has 20 heavy (non-hydrogen) atoms. The van der Waals surface area contributed by atoms with Gasteiger partial charge in [-0.2, -0.15) is 0 Å². The molecule has 4 N–H and O–H groups in total. The number of hydrogen-bond acceptors (Lipinski definition) is 4. The summed E-state index contributed by atoms with van der Waals surface area (Å²) >= 11 is 11.7. The van der Waals surface area contributed by atoms with E-state index in [1.54, 1.807) is 12.1 Å². The number of rotatable bonds is 6. The molecule has 0 aliphatic rings. The third kappa shape index (κ3) is 5.34. The topological polar surface area (TPSA) is 93.4 Å². The minimum Gasteiger partial charge on any atom is -0.383 e. The Morgan fingerprint density at radius 1 is 1.40 bits per heavy atom. The van der Waals surface area contributed by atoms with Crippen molar-refractivity contribution in [2.45, 2.75) is 6.04 Å². The number of hydrogen-bond donors (Lipinski definition) is 3. The monoisotopic (exact) mass is 319 g/mol. The van der Waals surface area contributed by atoms with Crippen LogP contribution in [0.1, 0.15) is 0 Å². The highest BCUT2D eigenvalue weighted by molar-refractivity contribution is 6.35. The van der Waals surface area contributed by atoms with E-state index in [4.69, 9.17) is 33.7 Å². The van der Waals surface area contributed by atoms with Crippen molar-refractivity contribution in [2.75, 3.05) is 25.6 Å². The van der Waals surface area contributed by atoms with E-state index >= 15 is 0 Å². The van der Waals surface area contributed by atoms with E-state index in [9.17, 15) is 9.59 Å². The molecular weight excluding hydrogens is 305 g/mol. The van der Waals surface area contributed by atoms with Crippen LogP contribution in [0.3, 0.4) is 0 Å². The van der Waals surface area contributed by atoms with E-state index in [1.807, 2.05) is 0 Å². The van der Waals surface area contributed by atoms with E-state index in [1.165, 1.54) is 13.2 Å². The molecule has 1 aromatic rings. The molecule has 8 heteroatoms. The van der Waals surface area contributed by atoms with Crippen LogP contribution < -0.4 is 16.4 Å². The fourth-order valence-corrected chi connectivity index (χ4v) is 1.68. The Balaban J connectivity index is 2.48. The maximum Gasteiger partial charge on any atom is 0.243 e. The number of halogens is 2. The summed E-state index contributed by atoms with van der Waals surface area (Å²) in [5, 5.41) is 5.72. The molecule has 1 unspecified atom stereocenters. The lowest BCUT2D eigenvalue weighted by atomic mass is 10.3. The second kappa shape index (κ2) is 8.06. The van der Waals surface area contributed by atoms with Crippen LogP contribution in [-0.2, 0) is 14.3 Å². The van der Waals surface area contributed by atoms with Crippen molar-refractivity contribution in [1.29, 1.82) is 0 Å². The van der Waals surface area contributed by atoms with Crippen molar-refractivity contribution in [3.05, 3.63) is 28.2 Å². The molecule has 1 rings (SSSR count). The number of carbonyl (C=O) groups excluding carboxylic acids is 2. The average Bonchev–Trinajstić information content (AvgIpc) is 2.40. The number of carbonyl (C=O) groups is 2. The molecule has 2 amide bonds. The molecule has 1 atom stereocenters. The highest BCUT2D eigenvalue weighted by atomic mass is 35.5. The van der Waals surface area contributed by atoms with E-state index in [0.717, 1.165) is 0 Å². The van der Waals surface area contributed by atoms with Crippen LogP contribution in [0.25, 0.3) is 0 Å². The number of anilines is 1. The van der Waals surface area contributed by atoms with Crippen LogP contribution in [0.5, 0.6) is 0 Å². The van der Waals surface area contributed by atoms with E-state index < -0.39 is 17.9 Å². The summed E-state index contributed by atoms with van der Waals surface area (Å²) in [6.07, 6.45) is 0. The smallest absolute Gasteiger partial charge is 0.243 e. The van der Waals surface area contributed by atoms with Gasteiger partial charge in [0.05, 0.1) is 23.9 Å². The zero-order valence-electron chi connectivity index (χ0n) is 10.8. The number of nitrogens with one attached hydrogen (secondary N) is 2. The van der Waals surface area contributed by atoms with Crippen LogP contribution in [0.15, 0.2) is 18.2 Å². The number of amides is 2. The average molecular weight is 320 g/mol. The number of nitrogens with two attached hydrogens (primary N) is 1. The summed E-state index contributed by atoms with van der Waals surface area (Å²) in [5.74, 6) is -0.911. The molecule has 0 radical (unpaired) electrons. The molecule has 0 aliphatic heterocycles. The van der Waals surface area contributed by atoms with Gasteiger partial charge in [-0.1, -0.05) is 23.2 Å². The highest BCUT2D eigenvalue weighted by Gasteiger charge is 2.14. The summed E-state index contributed by atoms with van der Waals surface area (Å²) < 4.78 is 4.74. The lowest BCUT2D eigenvalue weighted by Gasteiger charge is -2.12. The first-order chi connectivity index (χ1) is 9.43. The van der Waals surface area contributed by atoms with Gasteiger partial charge in [0.2, 0.25) is 11.8 Å². The molecule has 0 bridgehead atoms. The van der Waals surface area contributed by atoms with Crippen LogP contribution >= 0.6 is 23.2 Å². The summed E-state index contributed by atoms with van der Waals surface area (Å²) in [6, 6.07) is 3.86. The van der Waals surface area contributed by atoms with Gasteiger partial charge in [0.1, 0.15) is 6.04 Å². The largest absolute Gasteiger partial charge is 0.383 e. The molecule has 0 aliphatic carbocycles. The second-order valence-corrected chi connectivity index (χ2v) is 4.80. The first-order valence-corrected chi connectivity index (χ1v) is 6.46. The fourth-order valence-electron chi connectivity index (χ4n) is 1.34. The molecule has 1 aromatic carbocycles. The van der Waals surface area contributed by atoms with Crippen molar-refractivity contribution in [3.63, 3.8) is 0 Å². The van der Waals surface area contributed by atoms with Gasteiger partial charge in [-0.25, -0.2) is 0 Å². The maximum atomic E-state index is 11.7. The molecule has 6 nitrogen and oxygen atoms in total. The molecule has 0 aromatic heterocycles. The summed E-state index contributed by atoms with van der Waals surface area (Å²) in [6.45, 7) is -0.146. The van der Waals surface area contributed by atoms with E-state index in [0.29, 0.717) is 15.7 Å². The van der Waals surface area contributed by atoms with Gasteiger partial charge in [-0.15, -0.1) is 0 Å². The zero-order chi connectivity index (χ0) is 15.1. The lowest BCUT2D eigenvalue weighted by Crippen LogP contribution is -2.45. The maximum absolute atomic E-state index is 11.7. The predicted molar refractivity (Wildman–Crippen MR) is 78.0 cm³/mol. The minimum absolute atomic E-state index is 0.0770. The highest BCUT2D eigenvalue weighted by Crippen LogP contribution is 2.25. The Morgan fingerprint density at radius 3 is 2.75 bits per heavy atom. The normalized spacial score (nSPS) is 11.8. The third-order valence-corrected chi connectivity index (χ3v) is 2.87.